The highest BCUT2D eigenvalue weighted by atomic mass is 19.1. The molecular weight excluding hydrogens is 247 g/mol. The van der Waals surface area contributed by atoms with E-state index in [9.17, 15) is 18.0 Å². The molecule has 2 rings (SSSR count). The van der Waals surface area contributed by atoms with Gasteiger partial charge in [-0.3, -0.25) is 0 Å². The van der Waals surface area contributed by atoms with Crippen LogP contribution >= 0.6 is 0 Å². The largest absolute Gasteiger partial charge is 0.420 e. The van der Waals surface area contributed by atoms with E-state index >= 15 is 0 Å². The minimum Gasteiger partial charge on any atom is -0.420 e. The molecular formula is C12H6F3NO2. The number of pyridine rings is 1. The second-order valence-corrected chi connectivity index (χ2v) is 3.32. The molecule has 0 aliphatic heterocycles. The number of rotatable bonds is 2. The van der Waals surface area contributed by atoms with Crippen molar-refractivity contribution in [3.05, 3.63) is 59.7 Å². The Hall–Kier alpha value is -2.37. The molecule has 0 radical (unpaired) electrons. The highest BCUT2D eigenvalue weighted by molar-refractivity contribution is 5.90. The Morgan fingerprint density at radius 2 is 1.67 bits per heavy atom. The van der Waals surface area contributed by atoms with Gasteiger partial charge in [-0.05, 0) is 12.1 Å². The number of aromatic nitrogens is 1. The van der Waals surface area contributed by atoms with Gasteiger partial charge in [0.15, 0.2) is 11.6 Å². The minimum absolute atomic E-state index is 0.319. The Kier molecular flexibility index (Phi) is 3.27. The summed E-state index contributed by atoms with van der Waals surface area (Å²) in [5, 5.41) is 0. The van der Waals surface area contributed by atoms with Gasteiger partial charge in [0.25, 0.3) is 0 Å². The molecule has 92 valence electrons. The van der Waals surface area contributed by atoms with Crippen molar-refractivity contribution >= 4 is 5.97 Å². The van der Waals surface area contributed by atoms with E-state index in [-0.39, 0.29) is 11.3 Å². The zero-order chi connectivity index (χ0) is 13.1. The SMILES string of the molecule is O=C(Oc1ccccc1F)c1cc(F)nc(F)c1. The zero-order valence-electron chi connectivity index (χ0n) is 8.86. The topological polar surface area (TPSA) is 39.2 Å². The van der Waals surface area contributed by atoms with Crippen molar-refractivity contribution in [3.63, 3.8) is 0 Å². The van der Waals surface area contributed by atoms with Crippen LogP contribution in [0.15, 0.2) is 36.4 Å². The van der Waals surface area contributed by atoms with Crippen molar-refractivity contribution < 1.29 is 22.7 Å². The lowest BCUT2D eigenvalue weighted by Gasteiger charge is -2.05. The molecule has 0 aliphatic rings. The normalized spacial score (nSPS) is 10.2. The number of nitrogens with zero attached hydrogens (tertiary/aromatic N) is 1. The van der Waals surface area contributed by atoms with Crippen LogP contribution in [0.1, 0.15) is 10.4 Å². The van der Waals surface area contributed by atoms with Crippen LogP contribution in [-0.2, 0) is 0 Å². The smallest absolute Gasteiger partial charge is 0.343 e. The molecule has 0 saturated carbocycles. The Labute approximate surface area is 99.8 Å². The lowest BCUT2D eigenvalue weighted by atomic mass is 10.2. The lowest BCUT2D eigenvalue weighted by Crippen LogP contribution is -2.11. The van der Waals surface area contributed by atoms with Gasteiger partial charge in [-0.2, -0.15) is 13.8 Å². The fourth-order valence-electron chi connectivity index (χ4n) is 1.27. The zero-order valence-corrected chi connectivity index (χ0v) is 8.86. The molecule has 0 aliphatic carbocycles. The van der Waals surface area contributed by atoms with Crippen molar-refractivity contribution in [3.8, 4) is 5.75 Å². The van der Waals surface area contributed by atoms with E-state index < -0.39 is 23.7 Å². The van der Waals surface area contributed by atoms with Gasteiger partial charge in [-0.25, -0.2) is 9.18 Å². The number of esters is 1. The minimum atomic E-state index is -1.16. The monoisotopic (exact) mass is 253 g/mol. The van der Waals surface area contributed by atoms with Crippen LogP contribution in [0.4, 0.5) is 13.2 Å². The molecule has 3 nitrogen and oxygen atoms in total. The summed E-state index contributed by atoms with van der Waals surface area (Å²) >= 11 is 0. The number of carbonyl (C=O) groups is 1. The summed E-state index contributed by atoms with van der Waals surface area (Å²) in [6, 6.07) is 6.59. The molecule has 0 unspecified atom stereocenters. The Morgan fingerprint density at radius 1 is 1.06 bits per heavy atom. The number of halogens is 3. The number of hydrogen-bond donors (Lipinski definition) is 0. The van der Waals surface area contributed by atoms with Gasteiger partial charge in [-0.1, -0.05) is 12.1 Å². The van der Waals surface area contributed by atoms with Gasteiger partial charge in [0, 0.05) is 12.1 Å². The van der Waals surface area contributed by atoms with Crippen LogP contribution < -0.4 is 4.74 Å². The predicted octanol–water partition coefficient (Wildman–Crippen LogP) is 2.72. The van der Waals surface area contributed by atoms with E-state index in [0.29, 0.717) is 12.1 Å². The number of hydrogen-bond acceptors (Lipinski definition) is 3. The fourth-order valence-corrected chi connectivity index (χ4v) is 1.27. The predicted molar refractivity (Wildman–Crippen MR) is 55.5 cm³/mol. The first-order chi connectivity index (χ1) is 8.56. The van der Waals surface area contributed by atoms with Crippen molar-refractivity contribution in [1.29, 1.82) is 0 Å². The molecule has 6 heteroatoms. The molecule has 1 aromatic heterocycles. The van der Waals surface area contributed by atoms with Crippen molar-refractivity contribution in [2.45, 2.75) is 0 Å². The van der Waals surface area contributed by atoms with Crippen molar-refractivity contribution in [2.24, 2.45) is 0 Å². The lowest BCUT2D eigenvalue weighted by molar-refractivity contribution is 0.0726. The van der Waals surface area contributed by atoms with Crippen LogP contribution in [0.25, 0.3) is 0 Å². The van der Waals surface area contributed by atoms with Crippen LogP contribution in [0, 0.1) is 17.7 Å². The van der Waals surface area contributed by atoms with Crippen molar-refractivity contribution in [1.82, 2.24) is 4.98 Å². The summed E-state index contributed by atoms with van der Waals surface area (Å²) in [6.07, 6.45) is 0. The average Bonchev–Trinajstić information content (AvgIpc) is 2.31. The number of ether oxygens (including phenoxy) is 1. The quantitative estimate of drug-likeness (QED) is 0.469. The second kappa shape index (κ2) is 4.87. The van der Waals surface area contributed by atoms with E-state index in [1.54, 1.807) is 0 Å². The highest BCUT2D eigenvalue weighted by Gasteiger charge is 2.14. The maximum atomic E-state index is 13.2. The van der Waals surface area contributed by atoms with Gasteiger partial charge < -0.3 is 4.74 Å². The van der Waals surface area contributed by atoms with E-state index in [0.717, 1.165) is 6.07 Å². The van der Waals surface area contributed by atoms with Gasteiger partial charge in [-0.15, -0.1) is 0 Å². The molecule has 0 N–H and O–H groups in total. The summed E-state index contributed by atoms with van der Waals surface area (Å²) in [4.78, 5) is 14.3. The summed E-state index contributed by atoms with van der Waals surface area (Å²) in [5.74, 6) is -4.45. The van der Waals surface area contributed by atoms with Crippen molar-refractivity contribution in [2.75, 3.05) is 0 Å². The standard InChI is InChI=1S/C12H6F3NO2/c13-8-3-1-2-4-9(8)18-12(17)7-5-10(14)16-11(15)6-7/h1-6H. The molecule has 0 atom stereocenters. The van der Waals surface area contributed by atoms with Crippen LogP contribution in [0.5, 0.6) is 5.75 Å². The summed E-state index contributed by atoms with van der Waals surface area (Å²) in [5.41, 5.74) is -0.386. The fraction of sp³-hybridized carbons (Fsp3) is 0. The highest BCUT2D eigenvalue weighted by Crippen LogP contribution is 2.17. The molecule has 0 bridgehead atoms. The Morgan fingerprint density at radius 3 is 2.28 bits per heavy atom. The summed E-state index contributed by atoms with van der Waals surface area (Å²) < 4.78 is 43.4. The van der Waals surface area contributed by atoms with Crippen LogP contribution in [-0.4, -0.2) is 11.0 Å². The van der Waals surface area contributed by atoms with Gasteiger partial charge in [0.05, 0.1) is 5.56 Å². The first-order valence-electron chi connectivity index (χ1n) is 4.86. The third kappa shape index (κ3) is 2.65. The van der Waals surface area contributed by atoms with Gasteiger partial charge in [0.1, 0.15) is 0 Å². The van der Waals surface area contributed by atoms with E-state index in [1.807, 2.05) is 0 Å². The molecule has 0 fully saturated rings. The molecule has 2 aromatic rings. The maximum Gasteiger partial charge on any atom is 0.343 e. The number of benzene rings is 1. The summed E-state index contributed by atoms with van der Waals surface area (Å²) in [6.45, 7) is 0. The second-order valence-electron chi connectivity index (χ2n) is 3.32. The third-order valence-corrected chi connectivity index (χ3v) is 2.04. The summed E-state index contributed by atoms with van der Waals surface area (Å²) in [7, 11) is 0. The van der Waals surface area contributed by atoms with Crippen LogP contribution in [0.2, 0.25) is 0 Å². The van der Waals surface area contributed by atoms with E-state index in [1.165, 1.54) is 18.2 Å². The Bertz CT molecular complexity index is 581. The van der Waals surface area contributed by atoms with Gasteiger partial charge in [0.2, 0.25) is 11.9 Å². The first-order valence-corrected chi connectivity index (χ1v) is 4.86. The van der Waals surface area contributed by atoms with E-state index in [4.69, 9.17) is 0 Å². The van der Waals surface area contributed by atoms with Gasteiger partial charge >= 0.3 is 5.97 Å². The molecule has 0 saturated heterocycles. The number of carbonyl (C=O) groups excluding carboxylic acids is 1. The van der Waals surface area contributed by atoms with E-state index in [2.05, 4.69) is 9.72 Å². The van der Waals surface area contributed by atoms with Crippen LogP contribution in [0.3, 0.4) is 0 Å². The molecule has 0 amide bonds. The third-order valence-electron chi connectivity index (χ3n) is 2.04. The molecule has 0 spiro atoms. The Balaban J connectivity index is 2.25. The number of para-hydroxylation sites is 1. The molecule has 1 aromatic carbocycles. The molecule has 18 heavy (non-hydrogen) atoms. The average molecular weight is 253 g/mol. The first kappa shape index (κ1) is 12.1. The molecule has 1 heterocycles. The maximum absolute atomic E-state index is 13.2.